The molecule has 0 saturated carbocycles. The van der Waals surface area contributed by atoms with E-state index in [1.54, 1.807) is 27.9 Å². The van der Waals surface area contributed by atoms with E-state index in [-0.39, 0.29) is 24.0 Å². The van der Waals surface area contributed by atoms with Crippen molar-refractivity contribution >= 4 is 5.97 Å². The average Bonchev–Trinajstić information content (AvgIpc) is 2.03. The fourth-order valence-electron chi connectivity index (χ4n) is 0.789. The molecule has 0 heterocycles. The molecule has 4 nitrogen and oxygen atoms in total. The van der Waals surface area contributed by atoms with E-state index >= 15 is 0 Å². The van der Waals surface area contributed by atoms with Crippen molar-refractivity contribution in [2.45, 2.75) is 32.9 Å². The minimum absolute atomic E-state index is 0.178. The Morgan fingerprint density at radius 3 is 2.31 bits per heavy atom. The van der Waals surface area contributed by atoms with Crippen LogP contribution in [0.15, 0.2) is 0 Å². The molecule has 0 fully saturated rings. The van der Waals surface area contributed by atoms with Crippen LogP contribution in [0.3, 0.4) is 0 Å². The molecule has 0 saturated heterocycles. The maximum absolute atomic E-state index is 11.3. The molecular formula is C9H19NO3. The van der Waals surface area contributed by atoms with Crippen LogP contribution in [0.1, 0.15) is 20.8 Å². The molecule has 0 rings (SSSR count). The normalized spacial score (nSPS) is 17.6. The van der Waals surface area contributed by atoms with E-state index in [1.807, 2.05) is 0 Å². The molecule has 0 amide bonds. The van der Waals surface area contributed by atoms with Gasteiger partial charge >= 0.3 is 5.97 Å². The molecule has 2 N–H and O–H groups in total. The van der Waals surface area contributed by atoms with Crippen molar-refractivity contribution in [1.82, 2.24) is 0 Å². The van der Waals surface area contributed by atoms with Gasteiger partial charge in [-0.15, -0.1) is 0 Å². The maximum atomic E-state index is 11.3. The predicted octanol–water partition coefficient (Wildman–Crippen LogP) is 0.548. The molecule has 4 heteroatoms. The Bertz CT molecular complexity index is 159. The molecule has 3 atom stereocenters. The summed E-state index contributed by atoms with van der Waals surface area (Å²) in [7, 11) is 1.57. The van der Waals surface area contributed by atoms with Crippen LogP contribution < -0.4 is 5.73 Å². The van der Waals surface area contributed by atoms with E-state index in [1.165, 1.54) is 0 Å². The van der Waals surface area contributed by atoms with Crippen molar-refractivity contribution < 1.29 is 14.3 Å². The van der Waals surface area contributed by atoms with Crippen molar-refractivity contribution in [3.05, 3.63) is 0 Å². The molecule has 13 heavy (non-hydrogen) atoms. The van der Waals surface area contributed by atoms with Gasteiger partial charge < -0.3 is 15.2 Å². The lowest BCUT2D eigenvalue weighted by Crippen LogP contribution is -2.34. The van der Waals surface area contributed by atoms with Crippen molar-refractivity contribution in [1.29, 1.82) is 0 Å². The number of hydrogen-bond donors (Lipinski definition) is 1. The van der Waals surface area contributed by atoms with Crippen LogP contribution >= 0.6 is 0 Å². The summed E-state index contributed by atoms with van der Waals surface area (Å²) < 4.78 is 9.91. The van der Waals surface area contributed by atoms with Crippen molar-refractivity contribution in [2.75, 3.05) is 13.7 Å². The van der Waals surface area contributed by atoms with E-state index in [0.29, 0.717) is 6.61 Å². The van der Waals surface area contributed by atoms with Crippen LogP contribution in [0.2, 0.25) is 0 Å². The molecular weight excluding hydrogens is 170 g/mol. The summed E-state index contributed by atoms with van der Waals surface area (Å²) in [6, 6.07) is -0.178. The fraction of sp³-hybridized carbons (Fsp3) is 0.889. The van der Waals surface area contributed by atoms with Gasteiger partial charge in [-0.05, 0) is 13.8 Å². The van der Waals surface area contributed by atoms with Crippen LogP contribution in [-0.2, 0) is 14.3 Å². The van der Waals surface area contributed by atoms with Gasteiger partial charge in [-0.25, -0.2) is 0 Å². The topological polar surface area (TPSA) is 61.5 Å². The zero-order valence-electron chi connectivity index (χ0n) is 8.74. The second-order valence-corrected chi connectivity index (χ2v) is 3.35. The highest BCUT2D eigenvalue weighted by Gasteiger charge is 2.20. The Balaban J connectivity index is 3.85. The maximum Gasteiger partial charge on any atom is 0.310 e. The van der Waals surface area contributed by atoms with Crippen LogP contribution in [0, 0.1) is 5.92 Å². The minimum Gasteiger partial charge on any atom is -0.460 e. The summed E-state index contributed by atoms with van der Waals surface area (Å²) in [4.78, 5) is 11.3. The van der Waals surface area contributed by atoms with E-state index < -0.39 is 0 Å². The number of nitrogens with two attached hydrogens (primary N) is 1. The molecule has 0 aromatic heterocycles. The second-order valence-electron chi connectivity index (χ2n) is 3.35. The summed E-state index contributed by atoms with van der Waals surface area (Å²) in [6.45, 7) is 5.74. The first-order chi connectivity index (χ1) is 5.99. The summed E-state index contributed by atoms with van der Waals surface area (Å²) in [5.74, 6) is -0.529. The second kappa shape index (κ2) is 5.94. The quantitative estimate of drug-likeness (QED) is 0.641. The van der Waals surface area contributed by atoms with Gasteiger partial charge in [0.15, 0.2) is 0 Å². The van der Waals surface area contributed by atoms with E-state index in [9.17, 15) is 4.79 Å². The lowest BCUT2D eigenvalue weighted by atomic mass is 10.1. The summed E-state index contributed by atoms with van der Waals surface area (Å²) in [6.07, 6.45) is -0.210. The van der Waals surface area contributed by atoms with Crippen LogP contribution in [0.5, 0.6) is 0 Å². The van der Waals surface area contributed by atoms with Crippen molar-refractivity contribution in [3.8, 4) is 0 Å². The molecule has 0 aromatic rings. The molecule has 0 bridgehead atoms. The van der Waals surface area contributed by atoms with Gasteiger partial charge in [-0.3, -0.25) is 4.79 Å². The Morgan fingerprint density at radius 2 is 1.92 bits per heavy atom. The molecule has 3 unspecified atom stereocenters. The van der Waals surface area contributed by atoms with Crippen LogP contribution in [0.4, 0.5) is 0 Å². The molecule has 0 radical (unpaired) electrons. The van der Waals surface area contributed by atoms with Crippen molar-refractivity contribution in [2.24, 2.45) is 11.7 Å². The van der Waals surface area contributed by atoms with Crippen LogP contribution in [-0.4, -0.2) is 31.8 Å². The van der Waals surface area contributed by atoms with Crippen LogP contribution in [0.25, 0.3) is 0 Å². The van der Waals surface area contributed by atoms with E-state index in [4.69, 9.17) is 15.2 Å². The van der Waals surface area contributed by atoms with Gasteiger partial charge in [-0.1, -0.05) is 6.92 Å². The number of ether oxygens (including phenoxy) is 2. The number of hydrogen-bond acceptors (Lipinski definition) is 4. The molecule has 78 valence electrons. The molecule has 0 spiro atoms. The highest BCUT2D eigenvalue weighted by molar-refractivity contribution is 5.72. The highest BCUT2D eigenvalue weighted by Crippen LogP contribution is 2.05. The third-order valence-electron chi connectivity index (χ3n) is 1.88. The Kier molecular flexibility index (Phi) is 5.66. The van der Waals surface area contributed by atoms with Gasteiger partial charge in [0, 0.05) is 13.2 Å². The lowest BCUT2D eigenvalue weighted by molar-refractivity contribution is -0.155. The predicted molar refractivity (Wildman–Crippen MR) is 50.2 cm³/mol. The number of carbonyl (C=O) groups is 1. The first-order valence-corrected chi connectivity index (χ1v) is 4.44. The third kappa shape index (κ3) is 4.85. The molecule has 0 aliphatic rings. The SMILES string of the molecule is COCC(C)OC(=O)C(C)C(C)N. The number of carbonyl (C=O) groups excluding carboxylic acids is 1. The standard InChI is InChI=1S/C9H19NO3/c1-6(5-12-4)13-9(11)7(2)8(3)10/h6-8H,5,10H2,1-4H3. The Labute approximate surface area is 79.4 Å². The Morgan fingerprint density at radius 1 is 1.38 bits per heavy atom. The number of esters is 1. The van der Waals surface area contributed by atoms with E-state index in [0.717, 1.165) is 0 Å². The molecule has 0 aliphatic carbocycles. The van der Waals surface area contributed by atoms with Gasteiger partial charge in [0.25, 0.3) is 0 Å². The largest absolute Gasteiger partial charge is 0.460 e. The van der Waals surface area contributed by atoms with Gasteiger partial charge in [0.1, 0.15) is 6.10 Å². The van der Waals surface area contributed by atoms with Gasteiger partial charge in [-0.2, -0.15) is 0 Å². The summed E-state index contributed by atoms with van der Waals surface area (Å²) in [5, 5.41) is 0. The summed E-state index contributed by atoms with van der Waals surface area (Å²) in [5.41, 5.74) is 5.55. The smallest absolute Gasteiger partial charge is 0.310 e. The lowest BCUT2D eigenvalue weighted by Gasteiger charge is -2.18. The fourth-order valence-corrected chi connectivity index (χ4v) is 0.789. The summed E-state index contributed by atoms with van der Waals surface area (Å²) >= 11 is 0. The first kappa shape index (κ1) is 12.4. The zero-order valence-corrected chi connectivity index (χ0v) is 8.74. The first-order valence-electron chi connectivity index (χ1n) is 4.44. The van der Waals surface area contributed by atoms with Gasteiger partial charge in [0.05, 0.1) is 12.5 Å². The Hall–Kier alpha value is -0.610. The number of methoxy groups -OCH3 is 1. The average molecular weight is 189 g/mol. The zero-order chi connectivity index (χ0) is 10.4. The molecule has 0 aromatic carbocycles. The van der Waals surface area contributed by atoms with Crippen molar-refractivity contribution in [3.63, 3.8) is 0 Å². The van der Waals surface area contributed by atoms with E-state index in [2.05, 4.69) is 0 Å². The molecule has 0 aliphatic heterocycles. The third-order valence-corrected chi connectivity index (χ3v) is 1.88. The minimum atomic E-state index is -0.265. The van der Waals surface area contributed by atoms with Gasteiger partial charge in [0.2, 0.25) is 0 Å². The number of rotatable bonds is 5. The highest BCUT2D eigenvalue weighted by atomic mass is 16.6. The monoisotopic (exact) mass is 189 g/mol.